The highest BCUT2D eigenvalue weighted by molar-refractivity contribution is 5.96. The van der Waals surface area contributed by atoms with Gasteiger partial charge in [-0.1, -0.05) is 74.5 Å². The first-order valence-electron chi connectivity index (χ1n) is 11.1. The van der Waals surface area contributed by atoms with Crippen molar-refractivity contribution in [3.63, 3.8) is 0 Å². The third-order valence-electron chi connectivity index (χ3n) is 5.44. The molecule has 4 rings (SSSR count). The largest absolute Gasteiger partial charge is 0.489 e. The van der Waals surface area contributed by atoms with Gasteiger partial charge in [0.15, 0.2) is 0 Å². The van der Waals surface area contributed by atoms with E-state index in [2.05, 4.69) is 56.3 Å². The van der Waals surface area contributed by atoms with Crippen LogP contribution in [0, 0.1) is 5.92 Å². The summed E-state index contributed by atoms with van der Waals surface area (Å²) in [5, 5.41) is 2.11. The Hall–Kier alpha value is -3.59. The van der Waals surface area contributed by atoms with Crippen molar-refractivity contribution in [1.82, 2.24) is 0 Å². The van der Waals surface area contributed by atoms with E-state index in [1.165, 1.54) is 0 Å². The van der Waals surface area contributed by atoms with Crippen LogP contribution in [0.15, 0.2) is 91.0 Å². The van der Waals surface area contributed by atoms with E-state index in [1.807, 2.05) is 48.5 Å². The molecule has 0 saturated carbocycles. The second-order valence-corrected chi connectivity index (χ2v) is 8.39. The summed E-state index contributed by atoms with van der Waals surface area (Å²) in [4.78, 5) is 12.3. The molecule has 0 bridgehead atoms. The molecule has 0 amide bonds. The summed E-state index contributed by atoms with van der Waals surface area (Å²) < 4.78 is 11.3. The molecule has 0 spiro atoms. The Balaban J connectivity index is 1.43. The fourth-order valence-corrected chi connectivity index (χ4v) is 3.51. The van der Waals surface area contributed by atoms with Gasteiger partial charge in [-0.3, -0.25) is 0 Å². The summed E-state index contributed by atoms with van der Waals surface area (Å²) >= 11 is 0. The monoisotopic (exact) mass is 424 g/mol. The number of ether oxygens (including phenoxy) is 2. The molecular weight excluding hydrogens is 396 g/mol. The van der Waals surface area contributed by atoms with Gasteiger partial charge < -0.3 is 9.47 Å². The molecule has 0 fully saturated rings. The van der Waals surface area contributed by atoms with Gasteiger partial charge in [0.05, 0.1) is 12.2 Å². The van der Waals surface area contributed by atoms with Crippen molar-refractivity contribution in [3.8, 4) is 16.9 Å². The van der Waals surface area contributed by atoms with E-state index in [9.17, 15) is 4.79 Å². The van der Waals surface area contributed by atoms with Gasteiger partial charge in [-0.05, 0) is 70.1 Å². The Morgan fingerprint density at radius 1 is 0.781 bits per heavy atom. The second-order valence-electron chi connectivity index (χ2n) is 8.39. The third-order valence-corrected chi connectivity index (χ3v) is 5.44. The number of hydrogen-bond acceptors (Lipinski definition) is 3. The minimum atomic E-state index is -0.261. The molecule has 0 N–H and O–H groups in total. The molecule has 3 heteroatoms. The SMILES string of the molecule is CC(C)CCOC(=O)c1ccc2cc(-c3ccc(OCc4ccccc4)cc3)ccc2c1. The van der Waals surface area contributed by atoms with Crippen molar-refractivity contribution in [3.05, 3.63) is 102 Å². The Bertz CT molecular complexity index is 1180. The highest BCUT2D eigenvalue weighted by atomic mass is 16.5. The molecule has 0 saturated heterocycles. The quantitative estimate of drug-likeness (QED) is 0.279. The summed E-state index contributed by atoms with van der Waals surface area (Å²) in [6, 6.07) is 30.3. The number of carbonyl (C=O) groups is 1. The zero-order valence-corrected chi connectivity index (χ0v) is 18.6. The highest BCUT2D eigenvalue weighted by Crippen LogP contribution is 2.27. The maximum absolute atomic E-state index is 12.3. The zero-order chi connectivity index (χ0) is 22.3. The topological polar surface area (TPSA) is 35.5 Å². The first kappa shape index (κ1) is 21.6. The van der Waals surface area contributed by atoms with Crippen molar-refractivity contribution in [2.45, 2.75) is 26.9 Å². The molecule has 0 aromatic heterocycles. The van der Waals surface area contributed by atoms with Crippen LogP contribution < -0.4 is 4.74 Å². The molecule has 32 heavy (non-hydrogen) atoms. The van der Waals surface area contributed by atoms with Crippen LogP contribution in [-0.2, 0) is 11.3 Å². The van der Waals surface area contributed by atoms with E-state index in [4.69, 9.17) is 9.47 Å². The predicted octanol–water partition coefficient (Wildman–Crippen LogP) is 7.29. The fourth-order valence-electron chi connectivity index (χ4n) is 3.51. The maximum atomic E-state index is 12.3. The lowest BCUT2D eigenvalue weighted by Gasteiger charge is -2.09. The van der Waals surface area contributed by atoms with Crippen LogP contribution in [0.4, 0.5) is 0 Å². The van der Waals surface area contributed by atoms with Crippen molar-refractivity contribution < 1.29 is 14.3 Å². The van der Waals surface area contributed by atoms with Crippen LogP contribution in [0.25, 0.3) is 21.9 Å². The summed E-state index contributed by atoms with van der Waals surface area (Å²) in [6.07, 6.45) is 0.874. The van der Waals surface area contributed by atoms with E-state index in [0.717, 1.165) is 39.6 Å². The van der Waals surface area contributed by atoms with Gasteiger partial charge in [0.2, 0.25) is 0 Å². The molecule has 0 atom stereocenters. The zero-order valence-electron chi connectivity index (χ0n) is 18.6. The van der Waals surface area contributed by atoms with Crippen molar-refractivity contribution in [2.75, 3.05) is 6.61 Å². The normalized spacial score (nSPS) is 11.0. The van der Waals surface area contributed by atoms with Gasteiger partial charge in [-0.2, -0.15) is 0 Å². The molecule has 3 nitrogen and oxygen atoms in total. The van der Waals surface area contributed by atoms with Crippen LogP contribution in [0.1, 0.15) is 36.2 Å². The number of fused-ring (bicyclic) bond motifs is 1. The first-order valence-corrected chi connectivity index (χ1v) is 11.1. The van der Waals surface area contributed by atoms with Gasteiger partial charge in [0.25, 0.3) is 0 Å². The van der Waals surface area contributed by atoms with Crippen LogP contribution in [-0.4, -0.2) is 12.6 Å². The number of benzene rings is 4. The average Bonchev–Trinajstić information content (AvgIpc) is 2.83. The molecule has 0 aliphatic heterocycles. The van der Waals surface area contributed by atoms with Crippen molar-refractivity contribution in [2.24, 2.45) is 5.92 Å². The minimum absolute atomic E-state index is 0.261. The number of rotatable bonds is 8. The number of hydrogen-bond donors (Lipinski definition) is 0. The molecular formula is C29H28O3. The standard InChI is InChI=1S/C29H28O3/c1-21(2)16-17-31-29(30)27-11-10-25-18-24(8-9-26(25)19-27)23-12-14-28(15-13-23)32-20-22-6-4-3-5-7-22/h3-15,18-19,21H,16-17,20H2,1-2H3. The van der Waals surface area contributed by atoms with E-state index in [-0.39, 0.29) is 5.97 Å². The molecule has 162 valence electrons. The third kappa shape index (κ3) is 5.55. The highest BCUT2D eigenvalue weighted by Gasteiger charge is 2.09. The number of carbonyl (C=O) groups excluding carboxylic acids is 1. The summed E-state index contributed by atoms with van der Waals surface area (Å²) in [5.41, 5.74) is 3.98. The Morgan fingerprint density at radius 2 is 1.47 bits per heavy atom. The van der Waals surface area contributed by atoms with Gasteiger partial charge in [0.1, 0.15) is 12.4 Å². The maximum Gasteiger partial charge on any atom is 0.338 e. The predicted molar refractivity (Wildman–Crippen MR) is 130 cm³/mol. The lowest BCUT2D eigenvalue weighted by atomic mass is 10.00. The molecule has 4 aromatic carbocycles. The Labute approximate surface area is 189 Å². The van der Waals surface area contributed by atoms with Crippen molar-refractivity contribution in [1.29, 1.82) is 0 Å². The van der Waals surface area contributed by atoms with Crippen LogP contribution >= 0.6 is 0 Å². The fraction of sp³-hybridized carbons (Fsp3) is 0.207. The molecule has 4 aromatic rings. The van der Waals surface area contributed by atoms with E-state index >= 15 is 0 Å². The summed E-state index contributed by atoms with van der Waals surface area (Å²) in [6.45, 7) is 5.25. The summed E-state index contributed by atoms with van der Waals surface area (Å²) in [5.74, 6) is 1.10. The molecule has 0 aliphatic rings. The Kier molecular flexibility index (Phi) is 6.86. The second kappa shape index (κ2) is 10.1. The number of esters is 1. The van der Waals surface area contributed by atoms with Crippen LogP contribution in [0.3, 0.4) is 0 Å². The molecule has 0 heterocycles. The van der Waals surface area contributed by atoms with Gasteiger partial charge in [-0.25, -0.2) is 4.79 Å². The van der Waals surface area contributed by atoms with Gasteiger partial charge >= 0.3 is 5.97 Å². The molecule has 0 unspecified atom stereocenters. The average molecular weight is 425 g/mol. The smallest absolute Gasteiger partial charge is 0.338 e. The molecule has 0 aliphatic carbocycles. The minimum Gasteiger partial charge on any atom is -0.489 e. The lowest BCUT2D eigenvalue weighted by molar-refractivity contribution is 0.0488. The van der Waals surface area contributed by atoms with Gasteiger partial charge in [0, 0.05) is 0 Å². The van der Waals surface area contributed by atoms with Crippen molar-refractivity contribution >= 4 is 16.7 Å². The van der Waals surface area contributed by atoms with Crippen LogP contribution in [0.5, 0.6) is 5.75 Å². The first-order chi connectivity index (χ1) is 15.6. The van der Waals surface area contributed by atoms with E-state index in [0.29, 0.717) is 24.7 Å². The van der Waals surface area contributed by atoms with Gasteiger partial charge in [-0.15, -0.1) is 0 Å². The lowest BCUT2D eigenvalue weighted by Crippen LogP contribution is -2.08. The van der Waals surface area contributed by atoms with Crippen LogP contribution in [0.2, 0.25) is 0 Å². The van der Waals surface area contributed by atoms with E-state index < -0.39 is 0 Å². The molecule has 0 radical (unpaired) electrons. The Morgan fingerprint density at radius 3 is 2.22 bits per heavy atom. The van der Waals surface area contributed by atoms with E-state index in [1.54, 1.807) is 0 Å². The summed E-state index contributed by atoms with van der Waals surface area (Å²) in [7, 11) is 0.